The first kappa shape index (κ1) is 19.9. The molecule has 0 aliphatic heterocycles. The maximum Gasteiger partial charge on any atom is 0.238 e. The minimum atomic E-state index is -3.79. The lowest BCUT2D eigenvalue weighted by Crippen LogP contribution is -2.15. The number of rotatable bonds is 7. The van der Waals surface area contributed by atoms with E-state index in [1.54, 1.807) is 12.1 Å². The van der Waals surface area contributed by atoms with Gasteiger partial charge >= 0.3 is 0 Å². The van der Waals surface area contributed by atoms with Gasteiger partial charge in [-0.15, -0.1) is 0 Å². The third-order valence-electron chi connectivity index (χ3n) is 3.51. The van der Waals surface area contributed by atoms with E-state index < -0.39 is 10.0 Å². The largest absolute Gasteiger partial charge is 0.496 e. The maximum atomic E-state index is 12.3. The number of carbonyl (C=O) groups is 2. The third kappa shape index (κ3) is 5.29. The number of ketones is 1. The first-order valence-corrected chi connectivity index (χ1v) is 9.42. The Morgan fingerprint density at radius 2 is 1.77 bits per heavy atom. The second-order valence-corrected chi connectivity index (χ2v) is 7.38. The number of sulfonamides is 1. The number of Topliss-reactive ketones (excluding diaryl/α,β-unsaturated/α-hetero) is 1. The second-order valence-electron chi connectivity index (χ2n) is 5.39. The van der Waals surface area contributed by atoms with Crippen molar-refractivity contribution >= 4 is 39.0 Å². The van der Waals surface area contributed by atoms with Crippen molar-refractivity contribution in [3.63, 3.8) is 0 Å². The quantitative estimate of drug-likeness (QED) is 0.698. The molecule has 2 aromatic carbocycles. The van der Waals surface area contributed by atoms with Crippen molar-refractivity contribution in [2.75, 3.05) is 12.4 Å². The molecule has 0 radical (unpaired) electrons. The van der Waals surface area contributed by atoms with Crippen molar-refractivity contribution in [2.24, 2.45) is 5.14 Å². The van der Waals surface area contributed by atoms with Gasteiger partial charge in [-0.2, -0.15) is 0 Å². The van der Waals surface area contributed by atoms with Crippen molar-refractivity contribution in [2.45, 2.75) is 17.7 Å². The molecule has 0 spiro atoms. The molecule has 0 fully saturated rings. The van der Waals surface area contributed by atoms with E-state index in [9.17, 15) is 18.0 Å². The molecule has 3 N–H and O–H groups in total. The fourth-order valence-electron chi connectivity index (χ4n) is 2.21. The van der Waals surface area contributed by atoms with Crippen molar-refractivity contribution in [3.05, 3.63) is 53.1 Å². The fourth-order valence-corrected chi connectivity index (χ4v) is 2.90. The number of methoxy groups -OCH3 is 1. The summed E-state index contributed by atoms with van der Waals surface area (Å²) in [4.78, 5) is 24.2. The highest BCUT2D eigenvalue weighted by Gasteiger charge is 2.15. The van der Waals surface area contributed by atoms with Crippen LogP contribution in [0.2, 0.25) is 5.02 Å². The van der Waals surface area contributed by atoms with Gasteiger partial charge in [0.25, 0.3) is 0 Å². The highest BCUT2D eigenvalue weighted by molar-refractivity contribution is 7.89. The minimum Gasteiger partial charge on any atom is -0.496 e. The highest BCUT2D eigenvalue weighted by Crippen LogP contribution is 2.24. The Morgan fingerprint density at radius 3 is 2.35 bits per heavy atom. The molecule has 0 unspecified atom stereocenters. The topological polar surface area (TPSA) is 116 Å². The highest BCUT2D eigenvalue weighted by atomic mass is 35.5. The van der Waals surface area contributed by atoms with Gasteiger partial charge in [0.2, 0.25) is 15.9 Å². The van der Waals surface area contributed by atoms with Gasteiger partial charge in [-0.25, -0.2) is 13.6 Å². The predicted octanol–water partition coefficient (Wildman–Crippen LogP) is 2.60. The lowest BCUT2D eigenvalue weighted by Gasteiger charge is -2.09. The number of amides is 1. The van der Waals surface area contributed by atoms with E-state index in [-0.39, 0.29) is 29.4 Å². The molecule has 138 valence electrons. The minimum absolute atomic E-state index is 0.0300. The number of nitrogens with two attached hydrogens (primary N) is 1. The Kier molecular flexibility index (Phi) is 6.36. The second kappa shape index (κ2) is 8.31. The summed E-state index contributed by atoms with van der Waals surface area (Å²) in [6, 6.07) is 10.1. The number of anilines is 1. The Hall–Kier alpha value is -2.42. The Morgan fingerprint density at radius 1 is 1.12 bits per heavy atom. The van der Waals surface area contributed by atoms with Gasteiger partial charge in [0.05, 0.1) is 17.6 Å². The van der Waals surface area contributed by atoms with Crippen LogP contribution in [0.5, 0.6) is 5.75 Å². The normalized spacial score (nSPS) is 11.0. The summed E-state index contributed by atoms with van der Waals surface area (Å²) < 4.78 is 27.5. The fraction of sp³-hybridized carbons (Fsp3) is 0.176. The molecule has 9 heteroatoms. The zero-order chi connectivity index (χ0) is 19.3. The summed E-state index contributed by atoms with van der Waals surface area (Å²) >= 11 is 5.89. The molecule has 0 saturated heterocycles. The van der Waals surface area contributed by atoms with E-state index in [1.165, 1.54) is 37.4 Å². The van der Waals surface area contributed by atoms with Crippen molar-refractivity contribution < 1.29 is 22.7 Å². The van der Waals surface area contributed by atoms with E-state index in [4.69, 9.17) is 21.5 Å². The number of primary sulfonamides is 1. The van der Waals surface area contributed by atoms with E-state index in [1.807, 2.05) is 0 Å². The molecule has 0 aliphatic rings. The van der Waals surface area contributed by atoms with Crippen LogP contribution in [0.1, 0.15) is 23.2 Å². The summed E-state index contributed by atoms with van der Waals surface area (Å²) in [5.41, 5.74) is 0.709. The number of benzene rings is 2. The summed E-state index contributed by atoms with van der Waals surface area (Å²) in [5.74, 6) is -0.273. The molecule has 1 amide bonds. The molecule has 0 bridgehead atoms. The molecule has 7 nitrogen and oxygen atoms in total. The van der Waals surface area contributed by atoms with Crippen LogP contribution in [-0.4, -0.2) is 27.2 Å². The molecule has 0 aromatic heterocycles. The number of nitrogens with one attached hydrogen (secondary N) is 1. The lowest BCUT2D eigenvalue weighted by atomic mass is 10.1. The lowest BCUT2D eigenvalue weighted by molar-refractivity contribution is -0.116. The SMILES string of the molecule is COc1ccc(Cl)cc1C(=O)CCC(=O)Nc1ccc(S(N)(=O)=O)cc1. The van der Waals surface area contributed by atoms with Gasteiger partial charge in [0.15, 0.2) is 5.78 Å². The Balaban J connectivity index is 1.96. The number of ether oxygens (including phenoxy) is 1. The van der Waals surface area contributed by atoms with Crippen molar-refractivity contribution in [3.8, 4) is 5.75 Å². The van der Waals surface area contributed by atoms with Crippen molar-refractivity contribution in [1.29, 1.82) is 0 Å². The smallest absolute Gasteiger partial charge is 0.238 e. The number of hydrogen-bond acceptors (Lipinski definition) is 5. The Bertz CT molecular complexity index is 927. The number of hydrogen-bond donors (Lipinski definition) is 2. The molecule has 0 atom stereocenters. The van der Waals surface area contributed by atoms with Gasteiger partial charge in [0.1, 0.15) is 5.75 Å². The standard InChI is InChI=1S/C17H17ClN2O5S/c1-25-16-8-2-11(18)10-14(16)15(21)7-9-17(22)20-12-3-5-13(6-4-12)26(19,23)24/h2-6,8,10H,7,9H2,1H3,(H,20,22)(H2,19,23,24). The summed E-state index contributed by atoms with van der Waals surface area (Å²) in [6.45, 7) is 0. The molecule has 2 aromatic rings. The Labute approximate surface area is 156 Å². The summed E-state index contributed by atoms with van der Waals surface area (Å²) in [5, 5.41) is 7.99. The third-order valence-corrected chi connectivity index (χ3v) is 4.67. The van der Waals surface area contributed by atoms with Crippen LogP contribution in [-0.2, 0) is 14.8 Å². The summed E-state index contributed by atoms with van der Waals surface area (Å²) in [6.07, 6.45) is -0.0801. The average Bonchev–Trinajstić information content (AvgIpc) is 2.59. The first-order valence-electron chi connectivity index (χ1n) is 7.50. The van der Waals surface area contributed by atoms with E-state index in [0.717, 1.165) is 0 Å². The van der Waals surface area contributed by atoms with Crippen LogP contribution in [0.15, 0.2) is 47.4 Å². The van der Waals surface area contributed by atoms with Crippen molar-refractivity contribution in [1.82, 2.24) is 0 Å². The molecule has 0 saturated carbocycles. The van der Waals surface area contributed by atoms with Crippen LogP contribution in [0.4, 0.5) is 5.69 Å². The molecular formula is C17H17ClN2O5S. The van der Waals surface area contributed by atoms with Crippen LogP contribution in [0.3, 0.4) is 0 Å². The number of carbonyl (C=O) groups excluding carboxylic acids is 2. The predicted molar refractivity (Wildman–Crippen MR) is 98.0 cm³/mol. The molecule has 26 heavy (non-hydrogen) atoms. The van der Waals surface area contributed by atoms with Crippen LogP contribution in [0.25, 0.3) is 0 Å². The van der Waals surface area contributed by atoms with Gasteiger partial charge in [-0.05, 0) is 42.5 Å². The van der Waals surface area contributed by atoms with Crippen LogP contribution < -0.4 is 15.2 Å². The van der Waals surface area contributed by atoms with E-state index >= 15 is 0 Å². The molecule has 0 aliphatic carbocycles. The number of halogens is 1. The van der Waals surface area contributed by atoms with Gasteiger partial charge < -0.3 is 10.1 Å². The van der Waals surface area contributed by atoms with Gasteiger partial charge in [0, 0.05) is 23.6 Å². The average molecular weight is 397 g/mol. The maximum absolute atomic E-state index is 12.3. The van der Waals surface area contributed by atoms with E-state index in [0.29, 0.717) is 22.0 Å². The first-order chi connectivity index (χ1) is 12.2. The van der Waals surface area contributed by atoms with Crippen LogP contribution in [0, 0.1) is 0 Å². The molecule has 2 rings (SSSR count). The monoisotopic (exact) mass is 396 g/mol. The molecular weight excluding hydrogens is 380 g/mol. The zero-order valence-electron chi connectivity index (χ0n) is 13.9. The van der Waals surface area contributed by atoms with Gasteiger partial charge in [-0.3, -0.25) is 9.59 Å². The van der Waals surface area contributed by atoms with E-state index in [2.05, 4.69) is 5.32 Å². The van der Waals surface area contributed by atoms with Gasteiger partial charge in [-0.1, -0.05) is 11.6 Å². The zero-order valence-corrected chi connectivity index (χ0v) is 15.4. The summed E-state index contributed by atoms with van der Waals surface area (Å²) in [7, 11) is -2.35. The van der Waals surface area contributed by atoms with Crippen LogP contribution >= 0.6 is 11.6 Å². The molecule has 0 heterocycles.